The fraction of sp³-hybridized carbons (Fsp3) is 0.565. The van der Waals surface area contributed by atoms with Crippen LogP contribution in [0.2, 0.25) is 0 Å². The molecule has 0 aliphatic carbocycles. The van der Waals surface area contributed by atoms with E-state index in [0.717, 1.165) is 61.4 Å². The van der Waals surface area contributed by atoms with Gasteiger partial charge in [0.05, 0.1) is 31.1 Å². The normalized spacial score (nSPS) is 18.4. The molecule has 0 spiro atoms. The fourth-order valence-electron chi connectivity index (χ4n) is 3.99. The minimum Gasteiger partial charge on any atom is -0.379 e. The van der Waals surface area contributed by atoms with Gasteiger partial charge in [-0.2, -0.15) is 5.10 Å². The first-order valence-corrected chi connectivity index (χ1v) is 11.0. The SMILES string of the molecule is CCNC(=NCc1ccccc1-n1nc(C)cc1C)NCC(C)N1CCOCC1C.I. The zero-order valence-electron chi connectivity index (χ0n) is 19.4. The summed E-state index contributed by atoms with van der Waals surface area (Å²) in [6, 6.07) is 11.3. The number of para-hydroxylation sites is 1. The smallest absolute Gasteiger partial charge is 0.191 e. The number of halogens is 1. The molecule has 2 aromatic rings. The lowest BCUT2D eigenvalue weighted by Gasteiger charge is -2.38. The minimum absolute atomic E-state index is 0. The van der Waals surface area contributed by atoms with E-state index in [1.54, 1.807) is 0 Å². The van der Waals surface area contributed by atoms with Crippen LogP contribution in [0.15, 0.2) is 35.3 Å². The van der Waals surface area contributed by atoms with Gasteiger partial charge in [-0.1, -0.05) is 18.2 Å². The zero-order valence-corrected chi connectivity index (χ0v) is 21.7. The molecule has 1 aliphatic heterocycles. The maximum atomic E-state index is 5.57. The number of ether oxygens (including phenoxy) is 1. The predicted octanol–water partition coefficient (Wildman–Crippen LogP) is 3.27. The summed E-state index contributed by atoms with van der Waals surface area (Å²) < 4.78 is 7.57. The standard InChI is InChI=1S/C23H36N6O.HI/c1-6-24-23(25-14-19(4)28-11-12-30-16-20(28)5)26-15-21-9-7-8-10-22(21)29-18(3)13-17(2)27-29;/h7-10,13,19-20H,6,11-12,14-16H2,1-5H3,(H2,24,25,26);1H. The number of nitrogens with zero attached hydrogens (tertiary/aromatic N) is 4. The second-order valence-electron chi connectivity index (χ2n) is 8.05. The highest BCUT2D eigenvalue weighted by Crippen LogP contribution is 2.18. The Bertz CT molecular complexity index is 852. The van der Waals surface area contributed by atoms with Crippen LogP contribution in [0.25, 0.3) is 5.69 Å². The van der Waals surface area contributed by atoms with Crippen molar-refractivity contribution in [2.75, 3.05) is 32.8 Å². The molecule has 3 rings (SSSR count). The first kappa shape index (κ1) is 25.6. The minimum atomic E-state index is 0. The number of rotatable bonds is 7. The molecule has 2 heterocycles. The second kappa shape index (κ2) is 12.4. The summed E-state index contributed by atoms with van der Waals surface area (Å²) >= 11 is 0. The number of benzene rings is 1. The fourth-order valence-corrected chi connectivity index (χ4v) is 3.99. The Balaban J connectivity index is 0.00000341. The predicted molar refractivity (Wildman–Crippen MR) is 138 cm³/mol. The molecule has 7 nitrogen and oxygen atoms in total. The molecule has 1 aliphatic rings. The van der Waals surface area contributed by atoms with Gasteiger partial charge in [0.1, 0.15) is 0 Å². The Morgan fingerprint density at radius 2 is 2.06 bits per heavy atom. The Hall–Kier alpha value is -1.65. The van der Waals surface area contributed by atoms with Crippen LogP contribution in [-0.2, 0) is 11.3 Å². The van der Waals surface area contributed by atoms with Crippen LogP contribution in [0.1, 0.15) is 37.7 Å². The molecule has 172 valence electrons. The summed E-state index contributed by atoms with van der Waals surface area (Å²) in [7, 11) is 0. The van der Waals surface area contributed by atoms with Gasteiger partial charge in [-0.25, -0.2) is 9.67 Å². The van der Waals surface area contributed by atoms with Crippen molar-refractivity contribution in [3.8, 4) is 5.69 Å². The molecular weight excluding hydrogens is 503 g/mol. The summed E-state index contributed by atoms with van der Waals surface area (Å²) in [5, 5.41) is 11.5. The lowest BCUT2D eigenvalue weighted by molar-refractivity contribution is -0.0174. The van der Waals surface area contributed by atoms with E-state index < -0.39 is 0 Å². The van der Waals surface area contributed by atoms with Crippen LogP contribution in [-0.4, -0.2) is 65.6 Å². The average Bonchev–Trinajstić information content (AvgIpc) is 3.08. The van der Waals surface area contributed by atoms with Gasteiger partial charge < -0.3 is 15.4 Å². The number of aromatic nitrogens is 2. The molecule has 1 aromatic heterocycles. The second-order valence-corrected chi connectivity index (χ2v) is 8.05. The maximum absolute atomic E-state index is 5.57. The quantitative estimate of drug-likeness (QED) is 0.321. The third kappa shape index (κ3) is 6.92. The Kier molecular flexibility index (Phi) is 10.2. The summed E-state index contributed by atoms with van der Waals surface area (Å²) in [5.74, 6) is 0.841. The highest BCUT2D eigenvalue weighted by atomic mass is 127. The van der Waals surface area contributed by atoms with Gasteiger partial charge in [0.15, 0.2) is 5.96 Å². The van der Waals surface area contributed by atoms with Crippen molar-refractivity contribution >= 4 is 29.9 Å². The first-order chi connectivity index (χ1) is 14.5. The van der Waals surface area contributed by atoms with Crippen LogP contribution >= 0.6 is 24.0 Å². The molecule has 8 heteroatoms. The number of morpholine rings is 1. The van der Waals surface area contributed by atoms with Crippen LogP contribution in [0, 0.1) is 13.8 Å². The van der Waals surface area contributed by atoms with E-state index >= 15 is 0 Å². The van der Waals surface area contributed by atoms with E-state index in [2.05, 4.69) is 72.6 Å². The molecule has 2 atom stereocenters. The van der Waals surface area contributed by atoms with E-state index in [4.69, 9.17) is 9.73 Å². The number of aryl methyl sites for hydroxylation is 2. The van der Waals surface area contributed by atoms with Crippen molar-refractivity contribution in [2.45, 2.75) is 53.2 Å². The molecule has 0 saturated carbocycles. The summed E-state index contributed by atoms with van der Waals surface area (Å²) in [4.78, 5) is 7.35. The lowest BCUT2D eigenvalue weighted by Crippen LogP contribution is -2.53. The first-order valence-electron chi connectivity index (χ1n) is 11.0. The van der Waals surface area contributed by atoms with Crippen molar-refractivity contribution in [2.24, 2.45) is 4.99 Å². The molecule has 0 radical (unpaired) electrons. The number of guanidine groups is 1. The average molecular weight is 540 g/mol. The van der Waals surface area contributed by atoms with E-state index in [-0.39, 0.29) is 24.0 Å². The van der Waals surface area contributed by atoms with E-state index in [9.17, 15) is 0 Å². The van der Waals surface area contributed by atoms with Crippen molar-refractivity contribution in [3.63, 3.8) is 0 Å². The van der Waals surface area contributed by atoms with Crippen LogP contribution in [0.3, 0.4) is 0 Å². The maximum Gasteiger partial charge on any atom is 0.191 e. The molecule has 2 unspecified atom stereocenters. The van der Waals surface area contributed by atoms with Gasteiger partial charge in [0, 0.05) is 37.4 Å². The summed E-state index contributed by atoms with van der Waals surface area (Å²) in [6.45, 7) is 15.5. The van der Waals surface area contributed by atoms with Crippen LogP contribution < -0.4 is 10.6 Å². The molecule has 1 saturated heterocycles. The van der Waals surface area contributed by atoms with Gasteiger partial charge in [-0.15, -0.1) is 24.0 Å². The molecule has 31 heavy (non-hydrogen) atoms. The highest BCUT2D eigenvalue weighted by molar-refractivity contribution is 14.0. The van der Waals surface area contributed by atoms with E-state index in [1.807, 2.05) is 17.7 Å². The van der Waals surface area contributed by atoms with Gasteiger partial charge in [0.25, 0.3) is 0 Å². The molecule has 0 bridgehead atoms. The van der Waals surface area contributed by atoms with Crippen molar-refractivity contribution in [1.82, 2.24) is 25.3 Å². The Morgan fingerprint density at radius 1 is 1.29 bits per heavy atom. The number of hydrogen-bond acceptors (Lipinski definition) is 4. The van der Waals surface area contributed by atoms with E-state index in [1.165, 1.54) is 0 Å². The molecular formula is C23H37IN6O. The van der Waals surface area contributed by atoms with E-state index in [0.29, 0.717) is 18.6 Å². The summed E-state index contributed by atoms with van der Waals surface area (Å²) in [5.41, 5.74) is 4.38. The van der Waals surface area contributed by atoms with Crippen molar-refractivity contribution in [1.29, 1.82) is 0 Å². The number of nitrogens with one attached hydrogen (secondary N) is 2. The molecule has 0 amide bonds. The van der Waals surface area contributed by atoms with Gasteiger partial charge >= 0.3 is 0 Å². The third-order valence-corrected chi connectivity index (χ3v) is 5.53. The van der Waals surface area contributed by atoms with Crippen LogP contribution in [0.5, 0.6) is 0 Å². The topological polar surface area (TPSA) is 66.7 Å². The Morgan fingerprint density at radius 3 is 2.74 bits per heavy atom. The Labute approximate surface area is 203 Å². The van der Waals surface area contributed by atoms with Crippen LogP contribution in [0.4, 0.5) is 0 Å². The largest absolute Gasteiger partial charge is 0.379 e. The summed E-state index contributed by atoms with van der Waals surface area (Å²) in [6.07, 6.45) is 0. The molecule has 2 N–H and O–H groups in total. The van der Waals surface area contributed by atoms with Crippen molar-refractivity contribution < 1.29 is 4.74 Å². The van der Waals surface area contributed by atoms with Gasteiger partial charge in [0.2, 0.25) is 0 Å². The number of aliphatic imine (C=N–C) groups is 1. The third-order valence-electron chi connectivity index (χ3n) is 5.53. The van der Waals surface area contributed by atoms with Gasteiger partial charge in [-0.3, -0.25) is 4.90 Å². The van der Waals surface area contributed by atoms with Gasteiger partial charge in [-0.05, 0) is 52.3 Å². The van der Waals surface area contributed by atoms with Crippen molar-refractivity contribution in [3.05, 3.63) is 47.3 Å². The molecule has 1 fully saturated rings. The zero-order chi connectivity index (χ0) is 21.5. The highest BCUT2D eigenvalue weighted by Gasteiger charge is 2.23. The molecule has 1 aromatic carbocycles. The monoisotopic (exact) mass is 540 g/mol. The lowest BCUT2D eigenvalue weighted by atomic mass is 10.1. The number of hydrogen-bond donors (Lipinski definition) is 2.